The minimum Gasteiger partial charge on any atom is -0.361 e. The molecular weight excluding hydrogens is 292 g/mol. The van der Waals surface area contributed by atoms with Gasteiger partial charge in [-0.2, -0.15) is 0 Å². The molecule has 124 valence electrons. The van der Waals surface area contributed by atoms with E-state index in [1.807, 2.05) is 0 Å². The molecule has 0 aliphatic carbocycles. The molecule has 2 atom stereocenters. The molecule has 5 heteroatoms. The molecular formula is C17H30N4S. The van der Waals surface area contributed by atoms with E-state index in [-0.39, 0.29) is 0 Å². The molecule has 1 aromatic heterocycles. The highest BCUT2D eigenvalue weighted by atomic mass is 32.1. The Labute approximate surface area is 140 Å². The molecule has 0 unspecified atom stereocenters. The van der Waals surface area contributed by atoms with Gasteiger partial charge >= 0.3 is 0 Å². The van der Waals surface area contributed by atoms with E-state index in [0.717, 1.165) is 30.7 Å². The normalized spacial score (nSPS) is 22.7. The number of nitrogens with one attached hydrogen (secondary N) is 1. The van der Waals surface area contributed by atoms with Gasteiger partial charge in [0.1, 0.15) is 0 Å². The Morgan fingerprint density at radius 2 is 2.14 bits per heavy atom. The van der Waals surface area contributed by atoms with E-state index in [1.165, 1.54) is 25.0 Å². The van der Waals surface area contributed by atoms with Gasteiger partial charge in [-0.1, -0.05) is 6.92 Å². The van der Waals surface area contributed by atoms with Crippen molar-refractivity contribution in [1.29, 1.82) is 0 Å². The third-order valence-corrected chi connectivity index (χ3v) is 4.97. The molecule has 0 spiro atoms. The third kappa shape index (κ3) is 4.46. The van der Waals surface area contributed by atoms with Gasteiger partial charge in [0.05, 0.1) is 6.04 Å². The Morgan fingerprint density at radius 1 is 1.36 bits per heavy atom. The molecule has 22 heavy (non-hydrogen) atoms. The van der Waals surface area contributed by atoms with Crippen LogP contribution in [0.1, 0.15) is 37.9 Å². The van der Waals surface area contributed by atoms with E-state index in [9.17, 15) is 0 Å². The summed E-state index contributed by atoms with van der Waals surface area (Å²) in [4.78, 5) is 4.58. The van der Waals surface area contributed by atoms with Gasteiger partial charge in [0.25, 0.3) is 0 Å². The fourth-order valence-electron chi connectivity index (χ4n) is 3.12. The lowest BCUT2D eigenvalue weighted by Gasteiger charge is -2.33. The Morgan fingerprint density at radius 3 is 2.77 bits per heavy atom. The molecule has 1 N–H and O–H groups in total. The van der Waals surface area contributed by atoms with Crippen molar-refractivity contribution in [3.05, 3.63) is 24.0 Å². The zero-order valence-electron chi connectivity index (χ0n) is 14.4. The molecule has 2 rings (SSSR count). The van der Waals surface area contributed by atoms with Gasteiger partial charge in [0.2, 0.25) is 0 Å². The third-order valence-electron chi connectivity index (χ3n) is 4.59. The number of rotatable bonds is 4. The van der Waals surface area contributed by atoms with Crippen LogP contribution in [0.15, 0.2) is 18.3 Å². The second-order valence-corrected chi connectivity index (χ2v) is 7.15. The molecule has 0 radical (unpaired) electrons. The standard InChI is InChI=1S/C17H30N4S/c1-14-7-8-16(15-6-5-11-20(15)4)21(12-9-14)17(22)18-10-13-19(2)3/h5-6,11,14,16H,7-10,12-13H2,1-4H3,(H,18,22)/t14-,16+/m0/s1. The van der Waals surface area contributed by atoms with Crippen molar-refractivity contribution < 1.29 is 0 Å². The lowest BCUT2D eigenvalue weighted by atomic mass is 10.0. The molecule has 2 heterocycles. The summed E-state index contributed by atoms with van der Waals surface area (Å²) < 4.78 is 2.23. The van der Waals surface area contributed by atoms with Gasteiger partial charge < -0.3 is 19.7 Å². The molecule has 0 aromatic carbocycles. The Balaban J connectivity index is 2.09. The van der Waals surface area contributed by atoms with Crippen molar-refractivity contribution in [1.82, 2.24) is 19.7 Å². The van der Waals surface area contributed by atoms with Gasteiger partial charge in [-0.25, -0.2) is 0 Å². The van der Waals surface area contributed by atoms with Crippen LogP contribution in [0.2, 0.25) is 0 Å². The molecule has 1 saturated heterocycles. The van der Waals surface area contributed by atoms with Crippen molar-refractivity contribution >= 4 is 17.3 Å². The van der Waals surface area contributed by atoms with Crippen LogP contribution in [0.5, 0.6) is 0 Å². The van der Waals surface area contributed by atoms with Crippen LogP contribution < -0.4 is 5.32 Å². The van der Waals surface area contributed by atoms with Gasteiger partial charge in [-0.3, -0.25) is 0 Å². The quantitative estimate of drug-likeness (QED) is 0.861. The Hall–Kier alpha value is -1.07. The number of likely N-dealkylation sites (N-methyl/N-ethyl adjacent to an activating group) is 1. The monoisotopic (exact) mass is 322 g/mol. The average molecular weight is 323 g/mol. The van der Waals surface area contributed by atoms with Crippen molar-refractivity contribution in [3.63, 3.8) is 0 Å². The number of hydrogen-bond donors (Lipinski definition) is 1. The van der Waals surface area contributed by atoms with E-state index < -0.39 is 0 Å². The fraction of sp³-hybridized carbons (Fsp3) is 0.706. The number of nitrogens with zero attached hydrogens (tertiary/aromatic N) is 3. The molecule has 0 bridgehead atoms. The number of likely N-dealkylation sites (tertiary alicyclic amines) is 1. The highest BCUT2D eigenvalue weighted by Gasteiger charge is 2.28. The Kier molecular flexibility index (Phi) is 6.26. The fourth-order valence-corrected chi connectivity index (χ4v) is 3.44. The number of hydrogen-bond acceptors (Lipinski definition) is 2. The molecule has 1 fully saturated rings. The minimum atomic E-state index is 0.393. The molecule has 4 nitrogen and oxygen atoms in total. The van der Waals surface area contributed by atoms with Gasteiger partial charge in [-0.05, 0) is 63.6 Å². The van der Waals surface area contributed by atoms with E-state index in [4.69, 9.17) is 12.2 Å². The zero-order valence-corrected chi connectivity index (χ0v) is 15.2. The first-order valence-electron chi connectivity index (χ1n) is 8.29. The lowest BCUT2D eigenvalue weighted by Crippen LogP contribution is -2.44. The predicted molar refractivity (Wildman–Crippen MR) is 97.0 cm³/mol. The average Bonchev–Trinajstić information content (AvgIpc) is 2.77. The van der Waals surface area contributed by atoms with Gasteiger partial charge in [-0.15, -0.1) is 0 Å². The smallest absolute Gasteiger partial charge is 0.169 e. The molecule has 1 aromatic rings. The van der Waals surface area contributed by atoms with Crippen LogP contribution in [0, 0.1) is 5.92 Å². The predicted octanol–water partition coefficient (Wildman–Crippen LogP) is 2.62. The first kappa shape index (κ1) is 17.3. The Bertz CT molecular complexity index is 483. The molecule has 1 aliphatic heterocycles. The number of thiocarbonyl (C=S) groups is 1. The van der Waals surface area contributed by atoms with Crippen molar-refractivity contribution in [2.75, 3.05) is 33.7 Å². The van der Waals surface area contributed by atoms with Crippen LogP contribution in [0.3, 0.4) is 0 Å². The summed E-state index contributed by atoms with van der Waals surface area (Å²) in [5.74, 6) is 0.775. The van der Waals surface area contributed by atoms with Crippen LogP contribution in [0.25, 0.3) is 0 Å². The van der Waals surface area contributed by atoms with Crippen LogP contribution in [0.4, 0.5) is 0 Å². The first-order valence-corrected chi connectivity index (χ1v) is 8.70. The van der Waals surface area contributed by atoms with Gasteiger partial charge in [0, 0.05) is 38.6 Å². The maximum atomic E-state index is 5.71. The summed E-state index contributed by atoms with van der Waals surface area (Å²) in [7, 11) is 6.31. The first-order chi connectivity index (χ1) is 10.5. The van der Waals surface area contributed by atoms with E-state index in [2.05, 4.69) is 66.1 Å². The van der Waals surface area contributed by atoms with Crippen molar-refractivity contribution in [2.24, 2.45) is 13.0 Å². The van der Waals surface area contributed by atoms with E-state index in [1.54, 1.807) is 0 Å². The second kappa shape index (κ2) is 7.97. The number of aromatic nitrogens is 1. The summed E-state index contributed by atoms with van der Waals surface area (Å²) in [6.45, 7) is 5.30. The van der Waals surface area contributed by atoms with Crippen LogP contribution in [-0.2, 0) is 7.05 Å². The highest BCUT2D eigenvalue weighted by molar-refractivity contribution is 7.80. The topological polar surface area (TPSA) is 23.4 Å². The molecule has 0 saturated carbocycles. The molecule has 0 amide bonds. The number of aryl methyl sites for hydroxylation is 1. The lowest BCUT2D eigenvalue weighted by molar-refractivity contribution is 0.304. The van der Waals surface area contributed by atoms with Gasteiger partial charge in [0.15, 0.2) is 5.11 Å². The molecule has 1 aliphatic rings. The summed E-state index contributed by atoms with van der Waals surface area (Å²) in [5, 5.41) is 4.35. The van der Waals surface area contributed by atoms with E-state index >= 15 is 0 Å². The van der Waals surface area contributed by atoms with Crippen molar-refractivity contribution in [2.45, 2.75) is 32.2 Å². The minimum absolute atomic E-state index is 0.393. The summed E-state index contributed by atoms with van der Waals surface area (Å²) in [5.41, 5.74) is 1.37. The second-order valence-electron chi connectivity index (χ2n) is 6.76. The summed E-state index contributed by atoms with van der Waals surface area (Å²) in [6, 6.07) is 4.75. The van der Waals surface area contributed by atoms with Crippen LogP contribution >= 0.6 is 12.2 Å². The van der Waals surface area contributed by atoms with Crippen LogP contribution in [-0.4, -0.2) is 53.2 Å². The summed E-state index contributed by atoms with van der Waals surface area (Å²) >= 11 is 5.71. The SMILES string of the molecule is C[C@H]1CC[C@H](c2cccn2C)N(C(=S)NCCN(C)C)CC1. The van der Waals surface area contributed by atoms with Crippen molar-refractivity contribution in [3.8, 4) is 0 Å². The van der Waals surface area contributed by atoms with E-state index in [0.29, 0.717) is 6.04 Å². The highest BCUT2D eigenvalue weighted by Crippen LogP contribution is 2.32. The maximum absolute atomic E-state index is 5.71. The summed E-state index contributed by atoms with van der Waals surface area (Å²) in [6.07, 6.45) is 5.79. The zero-order chi connectivity index (χ0) is 16.1. The largest absolute Gasteiger partial charge is 0.361 e. The maximum Gasteiger partial charge on any atom is 0.169 e.